The number of rotatable bonds is 5. The molecule has 0 saturated heterocycles. The monoisotopic (exact) mass is 239 g/mol. The van der Waals surface area contributed by atoms with Crippen molar-refractivity contribution < 1.29 is 13.9 Å². The third-order valence-corrected chi connectivity index (χ3v) is 2.15. The first-order chi connectivity index (χ1) is 7.99. The molecule has 0 heterocycles. The highest BCUT2D eigenvalue weighted by Gasteiger charge is 2.06. The van der Waals surface area contributed by atoms with Crippen molar-refractivity contribution in [3.63, 3.8) is 0 Å². The molecule has 0 unspecified atom stereocenters. The van der Waals surface area contributed by atoms with Crippen molar-refractivity contribution in [1.29, 1.82) is 0 Å². The molecule has 4 heteroatoms. The van der Waals surface area contributed by atoms with Gasteiger partial charge in [-0.15, -0.1) is 0 Å². The quantitative estimate of drug-likeness (QED) is 0.856. The molecule has 1 N–H and O–H groups in total. The van der Waals surface area contributed by atoms with Gasteiger partial charge < -0.3 is 10.1 Å². The minimum absolute atomic E-state index is 0.0465. The van der Waals surface area contributed by atoms with E-state index >= 15 is 0 Å². The minimum atomic E-state index is -0.362. The Morgan fingerprint density at radius 3 is 2.71 bits per heavy atom. The van der Waals surface area contributed by atoms with Crippen molar-refractivity contribution in [3.05, 3.63) is 29.6 Å². The van der Waals surface area contributed by atoms with Gasteiger partial charge in [0.1, 0.15) is 0 Å². The molecular formula is C13H18FNO2. The van der Waals surface area contributed by atoms with Crippen LogP contribution in [0.3, 0.4) is 0 Å². The maximum absolute atomic E-state index is 13.6. The van der Waals surface area contributed by atoms with Crippen molar-refractivity contribution in [3.8, 4) is 5.75 Å². The third kappa shape index (κ3) is 4.85. The maximum Gasteiger partial charge on any atom is 0.216 e. The summed E-state index contributed by atoms with van der Waals surface area (Å²) < 4.78 is 18.9. The lowest BCUT2D eigenvalue weighted by molar-refractivity contribution is -0.118. The van der Waals surface area contributed by atoms with E-state index in [9.17, 15) is 9.18 Å². The van der Waals surface area contributed by atoms with Crippen LogP contribution in [0, 0.1) is 5.82 Å². The molecule has 0 atom stereocenters. The van der Waals surface area contributed by atoms with E-state index in [1.807, 2.05) is 19.9 Å². The van der Waals surface area contributed by atoms with E-state index < -0.39 is 0 Å². The smallest absolute Gasteiger partial charge is 0.216 e. The van der Waals surface area contributed by atoms with Gasteiger partial charge in [0.25, 0.3) is 0 Å². The van der Waals surface area contributed by atoms with Crippen molar-refractivity contribution in [2.24, 2.45) is 0 Å². The molecule has 17 heavy (non-hydrogen) atoms. The Morgan fingerprint density at radius 2 is 2.18 bits per heavy atom. The van der Waals surface area contributed by atoms with Gasteiger partial charge >= 0.3 is 0 Å². The lowest BCUT2D eigenvalue weighted by Crippen LogP contribution is -2.22. The number of carbonyl (C=O) groups excluding carboxylic acids is 1. The zero-order chi connectivity index (χ0) is 12.8. The van der Waals surface area contributed by atoms with Crippen LogP contribution in [-0.2, 0) is 11.2 Å². The number of halogens is 1. The van der Waals surface area contributed by atoms with E-state index in [0.717, 1.165) is 5.56 Å². The van der Waals surface area contributed by atoms with E-state index in [0.29, 0.717) is 13.0 Å². The largest absolute Gasteiger partial charge is 0.488 e. The molecule has 0 bridgehead atoms. The minimum Gasteiger partial charge on any atom is -0.488 e. The fourth-order valence-electron chi connectivity index (χ4n) is 1.43. The summed E-state index contributed by atoms with van der Waals surface area (Å²) in [5.41, 5.74) is 0.840. The van der Waals surface area contributed by atoms with Crippen LogP contribution in [0.4, 0.5) is 4.39 Å². The number of amides is 1. The second kappa shape index (κ2) is 6.23. The highest BCUT2D eigenvalue weighted by molar-refractivity contribution is 5.72. The van der Waals surface area contributed by atoms with Gasteiger partial charge in [0.15, 0.2) is 11.6 Å². The third-order valence-electron chi connectivity index (χ3n) is 2.15. The SMILES string of the molecule is CC(=O)NCCc1ccc(OC(C)C)c(F)c1. The summed E-state index contributed by atoms with van der Waals surface area (Å²) in [5.74, 6) is -0.174. The van der Waals surface area contributed by atoms with Crippen LogP contribution in [0.15, 0.2) is 18.2 Å². The summed E-state index contributed by atoms with van der Waals surface area (Å²) in [5, 5.41) is 2.67. The number of nitrogens with one attached hydrogen (secondary N) is 1. The second-order valence-electron chi connectivity index (χ2n) is 4.16. The van der Waals surface area contributed by atoms with Crippen LogP contribution in [0.25, 0.3) is 0 Å². The molecule has 94 valence electrons. The molecule has 3 nitrogen and oxygen atoms in total. The Bertz CT molecular complexity index is 391. The molecule has 0 fully saturated rings. The first kappa shape index (κ1) is 13.5. The van der Waals surface area contributed by atoms with Crippen LogP contribution in [-0.4, -0.2) is 18.6 Å². The first-order valence-electron chi connectivity index (χ1n) is 5.68. The van der Waals surface area contributed by atoms with Crippen molar-refractivity contribution in [2.75, 3.05) is 6.54 Å². The highest BCUT2D eigenvalue weighted by Crippen LogP contribution is 2.19. The molecule has 0 aromatic heterocycles. The topological polar surface area (TPSA) is 38.3 Å². The standard InChI is InChI=1S/C13H18FNO2/c1-9(2)17-13-5-4-11(8-12(13)14)6-7-15-10(3)16/h4-5,8-9H,6-7H2,1-3H3,(H,15,16). The van der Waals surface area contributed by atoms with Crippen molar-refractivity contribution >= 4 is 5.91 Å². The summed E-state index contributed by atoms with van der Waals surface area (Å²) in [6.07, 6.45) is 0.563. The van der Waals surface area contributed by atoms with Gasteiger partial charge in [0.05, 0.1) is 6.10 Å². The number of hydrogen-bond donors (Lipinski definition) is 1. The molecule has 1 aromatic carbocycles. The molecule has 0 radical (unpaired) electrons. The highest BCUT2D eigenvalue weighted by atomic mass is 19.1. The average Bonchev–Trinajstić information content (AvgIpc) is 2.21. The molecule has 0 aliphatic heterocycles. The lowest BCUT2D eigenvalue weighted by Gasteiger charge is -2.11. The van der Waals surface area contributed by atoms with E-state index in [1.54, 1.807) is 6.07 Å². The van der Waals surface area contributed by atoms with E-state index in [4.69, 9.17) is 4.74 Å². The second-order valence-corrected chi connectivity index (χ2v) is 4.16. The molecule has 0 aliphatic carbocycles. The number of carbonyl (C=O) groups is 1. The Hall–Kier alpha value is -1.58. The van der Waals surface area contributed by atoms with E-state index in [2.05, 4.69) is 5.32 Å². The fraction of sp³-hybridized carbons (Fsp3) is 0.462. The van der Waals surface area contributed by atoms with Gasteiger partial charge in [0.2, 0.25) is 5.91 Å². The van der Waals surface area contributed by atoms with Crippen molar-refractivity contribution in [2.45, 2.75) is 33.3 Å². The Kier molecular flexibility index (Phi) is 4.94. The summed E-state index contributed by atoms with van der Waals surface area (Å²) in [6.45, 7) is 5.67. The Labute approximate surface area is 101 Å². The molecule has 0 aliphatic rings. The molecule has 1 amide bonds. The normalized spacial score (nSPS) is 10.4. The summed E-state index contributed by atoms with van der Waals surface area (Å²) >= 11 is 0. The van der Waals surface area contributed by atoms with Gasteiger partial charge in [-0.3, -0.25) is 4.79 Å². The molecule has 1 rings (SSSR count). The van der Waals surface area contributed by atoms with Crippen LogP contribution >= 0.6 is 0 Å². The van der Waals surface area contributed by atoms with Gasteiger partial charge in [-0.1, -0.05) is 6.07 Å². The molecular weight excluding hydrogens is 221 g/mol. The predicted molar refractivity (Wildman–Crippen MR) is 64.6 cm³/mol. The number of benzene rings is 1. The zero-order valence-corrected chi connectivity index (χ0v) is 10.4. The zero-order valence-electron chi connectivity index (χ0n) is 10.4. The van der Waals surface area contributed by atoms with Gasteiger partial charge in [-0.2, -0.15) is 0 Å². The molecule has 0 spiro atoms. The lowest BCUT2D eigenvalue weighted by atomic mass is 10.1. The van der Waals surface area contributed by atoms with Gasteiger partial charge in [-0.25, -0.2) is 4.39 Å². The van der Waals surface area contributed by atoms with Crippen LogP contribution < -0.4 is 10.1 Å². The number of ether oxygens (including phenoxy) is 1. The summed E-state index contributed by atoms with van der Waals surface area (Å²) in [6, 6.07) is 4.88. The summed E-state index contributed by atoms with van der Waals surface area (Å²) in [4.78, 5) is 10.7. The fourth-order valence-corrected chi connectivity index (χ4v) is 1.43. The molecule has 1 aromatic rings. The Morgan fingerprint density at radius 1 is 1.47 bits per heavy atom. The predicted octanol–water partition coefficient (Wildman–Crippen LogP) is 2.29. The van der Waals surface area contributed by atoms with Crippen LogP contribution in [0.2, 0.25) is 0 Å². The van der Waals surface area contributed by atoms with Crippen LogP contribution in [0.5, 0.6) is 5.75 Å². The summed E-state index contributed by atoms with van der Waals surface area (Å²) in [7, 11) is 0. The van der Waals surface area contributed by atoms with Gasteiger partial charge in [0, 0.05) is 13.5 Å². The molecule has 0 saturated carbocycles. The maximum atomic E-state index is 13.6. The van der Waals surface area contributed by atoms with E-state index in [1.165, 1.54) is 13.0 Å². The van der Waals surface area contributed by atoms with Gasteiger partial charge in [-0.05, 0) is 38.0 Å². The van der Waals surface area contributed by atoms with Crippen molar-refractivity contribution in [1.82, 2.24) is 5.32 Å². The van der Waals surface area contributed by atoms with Crippen LogP contribution in [0.1, 0.15) is 26.3 Å². The average molecular weight is 239 g/mol. The number of hydrogen-bond acceptors (Lipinski definition) is 2. The Balaban J connectivity index is 2.59. The first-order valence-corrected chi connectivity index (χ1v) is 5.68. The van der Waals surface area contributed by atoms with E-state index in [-0.39, 0.29) is 23.6 Å².